The fraction of sp³-hybridized carbons (Fsp3) is 0.200. The Hall–Kier alpha value is -0.740. The molecule has 1 rings (SSSR count). The minimum absolute atomic E-state index is 0.266. The van der Waals surface area contributed by atoms with Crippen LogP contribution in [0.2, 0.25) is 0 Å². The van der Waals surface area contributed by atoms with Gasteiger partial charge >= 0.3 is 0 Å². The first kappa shape index (κ1) is 8.36. The standard InChI is InChI=1S/C10H9Br/c1-9(11)7-8-10-5-3-2-4-6-10/h2-6,9H,1H3/t9-/m0/s1. The highest BCUT2D eigenvalue weighted by molar-refractivity contribution is 9.09. The van der Waals surface area contributed by atoms with Gasteiger partial charge in [0.15, 0.2) is 0 Å². The molecule has 1 aromatic rings. The van der Waals surface area contributed by atoms with E-state index in [9.17, 15) is 0 Å². The molecule has 0 fully saturated rings. The number of alkyl halides is 1. The van der Waals surface area contributed by atoms with Crippen molar-refractivity contribution in [3.63, 3.8) is 0 Å². The van der Waals surface area contributed by atoms with E-state index in [2.05, 4.69) is 27.8 Å². The normalized spacial score (nSPS) is 11.5. The maximum absolute atomic E-state index is 3.36. The highest BCUT2D eigenvalue weighted by Gasteiger charge is 1.84. The molecule has 0 aromatic heterocycles. The lowest BCUT2D eigenvalue weighted by Crippen LogP contribution is -1.81. The van der Waals surface area contributed by atoms with E-state index in [1.807, 2.05) is 37.3 Å². The summed E-state index contributed by atoms with van der Waals surface area (Å²) in [6.07, 6.45) is 0. The number of rotatable bonds is 0. The van der Waals surface area contributed by atoms with E-state index >= 15 is 0 Å². The lowest BCUT2D eigenvalue weighted by atomic mass is 10.2. The van der Waals surface area contributed by atoms with Gasteiger partial charge in [-0.1, -0.05) is 46.0 Å². The zero-order chi connectivity index (χ0) is 8.10. The summed E-state index contributed by atoms with van der Waals surface area (Å²) in [5, 5.41) is 0. The van der Waals surface area contributed by atoms with Gasteiger partial charge in [-0.15, -0.1) is 0 Å². The fourth-order valence-corrected chi connectivity index (χ4v) is 0.819. The fourth-order valence-electron chi connectivity index (χ4n) is 0.704. The molecular weight excluding hydrogens is 200 g/mol. The van der Waals surface area contributed by atoms with E-state index in [0.29, 0.717) is 0 Å². The third kappa shape index (κ3) is 3.25. The van der Waals surface area contributed by atoms with Crippen molar-refractivity contribution in [2.75, 3.05) is 0 Å². The molecule has 0 saturated heterocycles. The third-order valence-electron chi connectivity index (χ3n) is 1.19. The van der Waals surface area contributed by atoms with Crippen molar-refractivity contribution in [1.82, 2.24) is 0 Å². The third-order valence-corrected chi connectivity index (χ3v) is 1.42. The van der Waals surface area contributed by atoms with Gasteiger partial charge in [0, 0.05) is 5.56 Å². The van der Waals surface area contributed by atoms with Crippen LogP contribution in [0.5, 0.6) is 0 Å². The monoisotopic (exact) mass is 208 g/mol. The quantitative estimate of drug-likeness (QED) is 0.455. The van der Waals surface area contributed by atoms with Crippen LogP contribution in [0.25, 0.3) is 0 Å². The second-order valence-corrected chi connectivity index (χ2v) is 3.62. The second-order valence-electron chi connectivity index (χ2n) is 2.25. The van der Waals surface area contributed by atoms with E-state index in [0.717, 1.165) is 5.56 Å². The molecule has 0 spiro atoms. The molecule has 1 aromatic carbocycles. The second kappa shape index (κ2) is 4.20. The molecule has 0 aliphatic carbocycles. The predicted octanol–water partition coefficient (Wildman–Crippen LogP) is 2.82. The molecule has 0 heterocycles. The van der Waals surface area contributed by atoms with E-state index < -0.39 is 0 Å². The molecule has 0 saturated carbocycles. The van der Waals surface area contributed by atoms with Gasteiger partial charge in [-0.25, -0.2) is 0 Å². The van der Waals surface area contributed by atoms with Gasteiger partial charge in [0.1, 0.15) is 0 Å². The van der Waals surface area contributed by atoms with Gasteiger partial charge in [0.05, 0.1) is 4.83 Å². The van der Waals surface area contributed by atoms with Gasteiger partial charge in [-0.05, 0) is 19.1 Å². The summed E-state index contributed by atoms with van der Waals surface area (Å²) in [4.78, 5) is 0.266. The summed E-state index contributed by atoms with van der Waals surface area (Å²) in [6.45, 7) is 2.01. The Kier molecular flexibility index (Phi) is 3.19. The van der Waals surface area contributed by atoms with Crippen molar-refractivity contribution < 1.29 is 0 Å². The highest BCUT2D eigenvalue weighted by Crippen LogP contribution is 1.97. The lowest BCUT2D eigenvalue weighted by Gasteiger charge is -1.87. The van der Waals surface area contributed by atoms with Crippen LogP contribution in [-0.2, 0) is 0 Å². The summed E-state index contributed by atoms with van der Waals surface area (Å²) in [7, 11) is 0. The first-order valence-electron chi connectivity index (χ1n) is 3.49. The number of hydrogen-bond acceptors (Lipinski definition) is 0. The van der Waals surface area contributed by atoms with Crippen LogP contribution in [0.15, 0.2) is 30.3 Å². The number of hydrogen-bond donors (Lipinski definition) is 0. The highest BCUT2D eigenvalue weighted by atomic mass is 79.9. The maximum atomic E-state index is 3.36. The first-order valence-corrected chi connectivity index (χ1v) is 4.41. The Morgan fingerprint density at radius 1 is 1.27 bits per heavy atom. The molecule has 56 valence electrons. The molecule has 0 aliphatic rings. The number of halogens is 1. The average molecular weight is 209 g/mol. The van der Waals surface area contributed by atoms with Crippen molar-refractivity contribution in [3.05, 3.63) is 35.9 Å². The Morgan fingerprint density at radius 3 is 2.45 bits per heavy atom. The molecule has 0 unspecified atom stereocenters. The Balaban J connectivity index is 2.75. The summed E-state index contributed by atoms with van der Waals surface area (Å²) < 4.78 is 0. The van der Waals surface area contributed by atoms with Crippen LogP contribution in [0.3, 0.4) is 0 Å². The molecule has 0 aliphatic heterocycles. The average Bonchev–Trinajstić information content (AvgIpc) is 2.03. The zero-order valence-electron chi connectivity index (χ0n) is 6.34. The maximum Gasteiger partial charge on any atom is 0.0730 e. The topological polar surface area (TPSA) is 0 Å². The number of benzene rings is 1. The summed E-state index contributed by atoms with van der Waals surface area (Å²) in [5.41, 5.74) is 1.07. The van der Waals surface area contributed by atoms with E-state index in [-0.39, 0.29) is 4.83 Å². The van der Waals surface area contributed by atoms with Crippen molar-refractivity contribution in [3.8, 4) is 11.8 Å². The van der Waals surface area contributed by atoms with Gasteiger partial charge in [0.25, 0.3) is 0 Å². The molecule has 0 radical (unpaired) electrons. The molecule has 0 amide bonds. The van der Waals surface area contributed by atoms with Gasteiger partial charge in [0.2, 0.25) is 0 Å². The Labute approximate surface area is 75.8 Å². The van der Waals surface area contributed by atoms with Crippen LogP contribution in [-0.4, -0.2) is 4.83 Å². The minimum Gasteiger partial charge on any atom is -0.0832 e. The molecule has 1 atom stereocenters. The summed E-state index contributed by atoms with van der Waals surface area (Å²) in [5.74, 6) is 6.08. The predicted molar refractivity (Wildman–Crippen MR) is 51.7 cm³/mol. The van der Waals surface area contributed by atoms with Crippen molar-refractivity contribution >= 4 is 15.9 Å². The van der Waals surface area contributed by atoms with Gasteiger partial charge in [-0.2, -0.15) is 0 Å². The SMILES string of the molecule is C[C@H](Br)C#Cc1ccccc1. The lowest BCUT2D eigenvalue weighted by molar-refractivity contribution is 1.33. The Bertz CT molecular complexity index is 264. The molecule has 11 heavy (non-hydrogen) atoms. The van der Waals surface area contributed by atoms with Crippen LogP contribution in [0.1, 0.15) is 12.5 Å². The van der Waals surface area contributed by atoms with E-state index in [1.54, 1.807) is 0 Å². The van der Waals surface area contributed by atoms with Crippen LogP contribution < -0.4 is 0 Å². The van der Waals surface area contributed by atoms with Crippen LogP contribution in [0.4, 0.5) is 0 Å². The van der Waals surface area contributed by atoms with Crippen molar-refractivity contribution in [1.29, 1.82) is 0 Å². The van der Waals surface area contributed by atoms with Crippen molar-refractivity contribution in [2.24, 2.45) is 0 Å². The van der Waals surface area contributed by atoms with Gasteiger partial charge < -0.3 is 0 Å². The largest absolute Gasteiger partial charge is 0.0832 e. The minimum atomic E-state index is 0.266. The van der Waals surface area contributed by atoms with Gasteiger partial charge in [-0.3, -0.25) is 0 Å². The molecular formula is C10H9Br. The van der Waals surface area contributed by atoms with E-state index in [1.165, 1.54) is 0 Å². The molecule has 1 heteroatoms. The smallest absolute Gasteiger partial charge is 0.0730 e. The summed E-state index contributed by atoms with van der Waals surface area (Å²) >= 11 is 3.36. The summed E-state index contributed by atoms with van der Waals surface area (Å²) in [6, 6.07) is 9.97. The Morgan fingerprint density at radius 2 is 1.91 bits per heavy atom. The van der Waals surface area contributed by atoms with Crippen LogP contribution in [0, 0.1) is 11.8 Å². The molecule has 0 nitrogen and oxygen atoms in total. The zero-order valence-corrected chi connectivity index (χ0v) is 7.93. The molecule has 0 N–H and O–H groups in total. The van der Waals surface area contributed by atoms with Crippen molar-refractivity contribution in [2.45, 2.75) is 11.8 Å². The van der Waals surface area contributed by atoms with E-state index in [4.69, 9.17) is 0 Å². The van der Waals surface area contributed by atoms with Crippen LogP contribution >= 0.6 is 15.9 Å². The first-order chi connectivity index (χ1) is 5.29. The molecule has 0 bridgehead atoms.